The molecule has 6 nitrogen and oxygen atoms in total. The monoisotopic (exact) mass is 359 g/mol. The zero-order valence-corrected chi connectivity index (χ0v) is 15.1. The van der Waals surface area contributed by atoms with E-state index in [1.807, 2.05) is 26.0 Å². The second-order valence-electron chi connectivity index (χ2n) is 6.33. The zero-order chi connectivity index (χ0) is 18.0. The lowest BCUT2D eigenvalue weighted by molar-refractivity contribution is 0.0689. The molecule has 0 saturated carbocycles. The first kappa shape index (κ1) is 17.4. The van der Waals surface area contributed by atoms with Crippen LogP contribution in [-0.2, 0) is 0 Å². The van der Waals surface area contributed by atoms with E-state index in [9.17, 15) is 14.7 Å². The standard InChI is InChI=1S/C18H21N3O3S/c1-11-9-14(22)16(19-10-11)18(24)21-7-5-13(6-8-21)20-17(23)15-4-3-12(2)25-15/h3-4,9-10,13,22H,5-8H2,1-2H3,(H,20,23). The number of hydrogen-bond acceptors (Lipinski definition) is 5. The summed E-state index contributed by atoms with van der Waals surface area (Å²) in [5, 5.41) is 13.0. The van der Waals surface area contributed by atoms with Gasteiger partial charge in [0.2, 0.25) is 0 Å². The number of piperidine rings is 1. The molecule has 3 heterocycles. The third-order valence-corrected chi connectivity index (χ3v) is 5.29. The van der Waals surface area contributed by atoms with Gasteiger partial charge in [0.05, 0.1) is 4.88 Å². The van der Waals surface area contributed by atoms with Gasteiger partial charge >= 0.3 is 0 Å². The normalized spacial score (nSPS) is 15.2. The molecule has 1 aliphatic rings. The Bertz CT molecular complexity index is 795. The molecule has 2 aromatic rings. The summed E-state index contributed by atoms with van der Waals surface area (Å²) in [6.07, 6.45) is 2.95. The lowest BCUT2D eigenvalue weighted by Gasteiger charge is -2.32. The summed E-state index contributed by atoms with van der Waals surface area (Å²) in [7, 11) is 0. The van der Waals surface area contributed by atoms with Gasteiger partial charge in [-0.3, -0.25) is 9.59 Å². The fourth-order valence-corrected chi connectivity index (χ4v) is 3.68. The number of thiophene rings is 1. The van der Waals surface area contributed by atoms with Crippen LogP contribution >= 0.6 is 11.3 Å². The van der Waals surface area contributed by atoms with E-state index in [1.165, 1.54) is 17.4 Å². The molecule has 0 unspecified atom stereocenters. The molecule has 2 aromatic heterocycles. The van der Waals surface area contributed by atoms with Crippen molar-refractivity contribution in [1.82, 2.24) is 15.2 Å². The summed E-state index contributed by atoms with van der Waals surface area (Å²) in [5.74, 6) is -0.412. The van der Waals surface area contributed by atoms with Crippen molar-refractivity contribution in [2.24, 2.45) is 0 Å². The predicted molar refractivity (Wildman–Crippen MR) is 96.1 cm³/mol. The first-order valence-electron chi connectivity index (χ1n) is 8.26. The smallest absolute Gasteiger partial charge is 0.276 e. The van der Waals surface area contributed by atoms with Crippen molar-refractivity contribution in [3.8, 4) is 5.75 Å². The first-order valence-corrected chi connectivity index (χ1v) is 9.08. The van der Waals surface area contributed by atoms with Crippen LogP contribution < -0.4 is 5.32 Å². The van der Waals surface area contributed by atoms with E-state index in [0.717, 1.165) is 10.4 Å². The molecule has 7 heteroatoms. The van der Waals surface area contributed by atoms with Crippen molar-refractivity contribution in [2.75, 3.05) is 13.1 Å². The third kappa shape index (κ3) is 3.99. The zero-order valence-electron chi connectivity index (χ0n) is 14.3. The number of aromatic hydroxyl groups is 1. The highest BCUT2D eigenvalue weighted by Crippen LogP contribution is 2.21. The number of aromatic nitrogens is 1. The first-order chi connectivity index (χ1) is 11.9. The molecule has 132 valence electrons. The predicted octanol–water partition coefficient (Wildman–Crippen LogP) is 2.50. The number of aryl methyl sites for hydroxylation is 2. The Morgan fingerprint density at radius 3 is 2.60 bits per heavy atom. The fraction of sp³-hybridized carbons (Fsp3) is 0.389. The lowest BCUT2D eigenvalue weighted by atomic mass is 10.0. The van der Waals surface area contributed by atoms with Crippen molar-refractivity contribution in [3.05, 3.63) is 45.4 Å². The summed E-state index contributed by atoms with van der Waals surface area (Å²) in [6, 6.07) is 5.36. The molecular formula is C18H21N3O3S. The summed E-state index contributed by atoms with van der Waals surface area (Å²) < 4.78 is 0. The molecule has 1 saturated heterocycles. The topological polar surface area (TPSA) is 82.5 Å². The highest BCUT2D eigenvalue weighted by molar-refractivity contribution is 7.13. The average Bonchev–Trinajstić information content (AvgIpc) is 3.02. The van der Waals surface area contributed by atoms with Gasteiger partial charge in [-0.1, -0.05) is 0 Å². The quantitative estimate of drug-likeness (QED) is 0.882. The molecule has 0 bridgehead atoms. The molecule has 0 aromatic carbocycles. The molecular weight excluding hydrogens is 338 g/mol. The second-order valence-corrected chi connectivity index (χ2v) is 7.62. The molecule has 25 heavy (non-hydrogen) atoms. The van der Waals surface area contributed by atoms with Gasteiger partial charge in [-0.05, 0) is 50.5 Å². The Morgan fingerprint density at radius 2 is 2.00 bits per heavy atom. The van der Waals surface area contributed by atoms with Crippen LogP contribution in [0, 0.1) is 13.8 Å². The van der Waals surface area contributed by atoms with Crippen LogP contribution in [0.25, 0.3) is 0 Å². The number of pyridine rings is 1. The van der Waals surface area contributed by atoms with Gasteiger partial charge in [0.25, 0.3) is 11.8 Å². The van der Waals surface area contributed by atoms with Crippen molar-refractivity contribution in [1.29, 1.82) is 0 Å². The van der Waals surface area contributed by atoms with Gasteiger partial charge in [-0.25, -0.2) is 4.98 Å². The van der Waals surface area contributed by atoms with E-state index < -0.39 is 0 Å². The minimum atomic E-state index is -0.267. The highest BCUT2D eigenvalue weighted by Gasteiger charge is 2.27. The van der Waals surface area contributed by atoms with Crippen LogP contribution in [0.5, 0.6) is 5.75 Å². The van der Waals surface area contributed by atoms with E-state index in [2.05, 4.69) is 10.3 Å². The number of nitrogens with one attached hydrogen (secondary N) is 1. The Morgan fingerprint density at radius 1 is 1.28 bits per heavy atom. The largest absolute Gasteiger partial charge is 0.505 e. The SMILES string of the molecule is Cc1cnc(C(=O)N2CCC(NC(=O)c3ccc(C)s3)CC2)c(O)c1. The maximum Gasteiger partial charge on any atom is 0.276 e. The van der Waals surface area contributed by atoms with Gasteiger partial charge in [0.1, 0.15) is 5.75 Å². The van der Waals surface area contributed by atoms with Crippen molar-refractivity contribution in [3.63, 3.8) is 0 Å². The van der Waals surface area contributed by atoms with Gasteiger partial charge in [-0.15, -0.1) is 11.3 Å². The lowest BCUT2D eigenvalue weighted by Crippen LogP contribution is -2.46. The van der Waals surface area contributed by atoms with Crippen LogP contribution in [0.15, 0.2) is 24.4 Å². The number of carbonyl (C=O) groups is 2. The molecule has 1 fully saturated rings. The Labute approximate surface area is 150 Å². The number of rotatable bonds is 3. The van der Waals surface area contributed by atoms with E-state index in [0.29, 0.717) is 30.8 Å². The molecule has 0 aliphatic carbocycles. The summed E-state index contributed by atoms with van der Waals surface area (Å²) >= 11 is 1.48. The molecule has 0 spiro atoms. The number of amides is 2. The number of nitrogens with zero attached hydrogens (tertiary/aromatic N) is 2. The molecule has 3 rings (SSSR count). The Balaban J connectivity index is 1.56. The maximum absolute atomic E-state index is 12.5. The van der Waals surface area contributed by atoms with E-state index in [4.69, 9.17) is 0 Å². The van der Waals surface area contributed by atoms with Gasteiger partial charge in [0, 0.05) is 30.2 Å². The number of likely N-dealkylation sites (tertiary alicyclic amines) is 1. The maximum atomic E-state index is 12.5. The summed E-state index contributed by atoms with van der Waals surface area (Å²) in [4.78, 5) is 32.3. The summed E-state index contributed by atoms with van der Waals surface area (Å²) in [6.45, 7) is 4.84. The molecule has 0 radical (unpaired) electrons. The van der Waals surface area contributed by atoms with Crippen LogP contribution in [0.2, 0.25) is 0 Å². The average molecular weight is 359 g/mol. The third-order valence-electron chi connectivity index (χ3n) is 4.29. The van der Waals surface area contributed by atoms with Crippen molar-refractivity contribution < 1.29 is 14.7 Å². The van der Waals surface area contributed by atoms with E-state index in [1.54, 1.807) is 11.1 Å². The molecule has 0 atom stereocenters. The van der Waals surface area contributed by atoms with E-state index >= 15 is 0 Å². The highest BCUT2D eigenvalue weighted by atomic mass is 32.1. The Hall–Kier alpha value is -2.41. The van der Waals surface area contributed by atoms with Crippen molar-refractivity contribution in [2.45, 2.75) is 32.7 Å². The van der Waals surface area contributed by atoms with Gasteiger partial charge in [-0.2, -0.15) is 0 Å². The molecule has 2 N–H and O–H groups in total. The minimum absolute atomic E-state index is 0.0542. The van der Waals surface area contributed by atoms with Gasteiger partial charge in [0.15, 0.2) is 5.69 Å². The minimum Gasteiger partial charge on any atom is -0.505 e. The fourth-order valence-electron chi connectivity index (χ4n) is 2.91. The number of hydrogen-bond donors (Lipinski definition) is 2. The van der Waals surface area contributed by atoms with E-state index in [-0.39, 0.29) is 29.3 Å². The molecule has 2 amide bonds. The molecule has 1 aliphatic heterocycles. The van der Waals surface area contributed by atoms with Crippen LogP contribution in [-0.4, -0.2) is 45.9 Å². The number of carbonyl (C=O) groups excluding carboxylic acids is 2. The second kappa shape index (κ2) is 7.23. The van der Waals surface area contributed by atoms with Crippen LogP contribution in [0.3, 0.4) is 0 Å². The Kier molecular flexibility index (Phi) is 5.03. The van der Waals surface area contributed by atoms with Gasteiger partial charge < -0.3 is 15.3 Å². The van der Waals surface area contributed by atoms with Crippen LogP contribution in [0.4, 0.5) is 0 Å². The van der Waals surface area contributed by atoms with Crippen LogP contribution in [0.1, 0.15) is 43.4 Å². The summed E-state index contributed by atoms with van der Waals surface area (Å²) in [5.41, 5.74) is 0.890. The van der Waals surface area contributed by atoms with Crippen molar-refractivity contribution >= 4 is 23.2 Å².